The Labute approximate surface area is 111 Å². The lowest BCUT2D eigenvalue weighted by Crippen LogP contribution is -1.96. The van der Waals surface area contributed by atoms with Crippen molar-refractivity contribution in [1.82, 2.24) is 4.57 Å². The van der Waals surface area contributed by atoms with Crippen molar-refractivity contribution in [2.75, 3.05) is 0 Å². The number of aromatic nitrogens is 1. The van der Waals surface area contributed by atoms with E-state index in [0.717, 1.165) is 11.3 Å². The van der Waals surface area contributed by atoms with E-state index in [9.17, 15) is 4.39 Å². The van der Waals surface area contributed by atoms with Crippen LogP contribution >= 0.6 is 0 Å². The van der Waals surface area contributed by atoms with Crippen molar-refractivity contribution in [3.63, 3.8) is 0 Å². The summed E-state index contributed by atoms with van der Waals surface area (Å²) in [6, 6.07) is 19.2. The van der Waals surface area contributed by atoms with E-state index < -0.39 is 0 Å². The molecule has 94 valence electrons. The first-order valence-electron chi connectivity index (χ1n) is 6.25. The van der Waals surface area contributed by atoms with Crippen LogP contribution in [0.5, 0.6) is 0 Å². The number of hydrogen-bond donors (Lipinski definition) is 0. The number of aryl methyl sites for hydroxylation is 1. The van der Waals surface area contributed by atoms with Gasteiger partial charge in [-0.2, -0.15) is 0 Å². The van der Waals surface area contributed by atoms with Crippen molar-refractivity contribution in [2.45, 2.75) is 6.92 Å². The van der Waals surface area contributed by atoms with Crippen molar-refractivity contribution in [3.8, 4) is 16.9 Å². The molecule has 0 unspecified atom stereocenters. The summed E-state index contributed by atoms with van der Waals surface area (Å²) in [4.78, 5) is 0. The summed E-state index contributed by atoms with van der Waals surface area (Å²) in [5, 5.41) is 0. The fraction of sp³-hybridized carbons (Fsp3) is 0.0588. The Morgan fingerprint density at radius 1 is 0.842 bits per heavy atom. The van der Waals surface area contributed by atoms with Gasteiger partial charge in [0.2, 0.25) is 0 Å². The molecule has 1 heterocycles. The SMILES string of the molecule is Cc1ccc(-c2c(F)ccn2-c2ccccc2)cc1. The van der Waals surface area contributed by atoms with E-state index in [1.807, 2.05) is 66.1 Å². The maximum absolute atomic E-state index is 14.1. The van der Waals surface area contributed by atoms with Crippen LogP contribution in [0.1, 0.15) is 5.56 Å². The van der Waals surface area contributed by atoms with Crippen LogP contribution in [0.15, 0.2) is 66.9 Å². The van der Waals surface area contributed by atoms with Crippen molar-refractivity contribution < 1.29 is 4.39 Å². The largest absolute Gasteiger partial charge is 0.314 e. The van der Waals surface area contributed by atoms with Crippen LogP contribution < -0.4 is 0 Å². The molecule has 3 aromatic rings. The summed E-state index contributed by atoms with van der Waals surface area (Å²) in [5.74, 6) is -0.201. The Morgan fingerprint density at radius 2 is 1.53 bits per heavy atom. The molecule has 0 radical (unpaired) electrons. The quantitative estimate of drug-likeness (QED) is 0.627. The van der Waals surface area contributed by atoms with Gasteiger partial charge in [-0.3, -0.25) is 0 Å². The fourth-order valence-electron chi connectivity index (χ4n) is 2.20. The lowest BCUT2D eigenvalue weighted by molar-refractivity contribution is 0.631. The second kappa shape index (κ2) is 4.73. The summed E-state index contributed by atoms with van der Waals surface area (Å²) in [6.07, 6.45) is 1.76. The third-order valence-electron chi connectivity index (χ3n) is 3.20. The molecule has 0 spiro atoms. The van der Waals surface area contributed by atoms with E-state index in [1.165, 1.54) is 11.6 Å². The van der Waals surface area contributed by atoms with E-state index in [1.54, 1.807) is 6.20 Å². The maximum atomic E-state index is 14.1. The first-order chi connectivity index (χ1) is 9.25. The Kier molecular flexibility index (Phi) is 2.92. The molecule has 3 rings (SSSR count). The van der Waals surface area contributed by atoms with Crippen LogP contribution in [0.25, 0.3) is 16.9 Å². The Morgan fingerprint density at radius 3 is 2.21 bits per heavy atom. The molecule has 0 bridgehead atoms. The van der Waals surface area contributed by atoms with Gasteiger partial charge < -0.3 is 4.57 Å². The summed E-state index contributed by atoms with van der Waals surface area (Å²) in [5.41, 5.74) is 3.62. The van der Waals surface area contributed by atoms with Crippen LogP contribution in [0, 0.1) is 12.7 Å². The predicted octanol–water partition coefficient (Wildman–Crippen LogP) is 4.59. The third-order valence-corrected chi connectivity index (χ3v) is 3.20. The number of benzene rings is 2. The number of nitrogens with zero attached hydrogens (tertiary/aromatic N) is 1. The predicted molar refractivity (Wildman–Crippen MR) is 75.9 cm³/mol. The summed E-state index contributed by atoms with van der Waals surface area (Å²) >= 11 is 0. The molecule has 0 aliphatic rings. The second-order valence-corrected chi connectivity index (χ2v) is 4.58. The molecule has 1 aromatic heterocycles. The Hall–Kier alpha value is -2.35. The van der Waals surface area contributed by atoms with Gasteiger partial charge in [0.05, 0.1) is 5.69 Å². The molecule has 0 fully saturated rings. The van der Waals surface area contributed by atoms with Crippen LogP contribution in [0.3, 0.4) is 0 Å². The van der Waals surface area contributed by atoms with E-state index >= 15 is 0 Å². The highest BCUT2D eigenvalue weighted by molar-refractivity contribution is 5.64. The molecular weight excluding hydrogens is 237 g/mol. The van der Waals surface area contributed by atoms with Gasteiger partial charge in [-0.05, 0) is 25.1 Å². The highest BCUT2D eigenvalue weighted by atomic mass is 19.1. The van der Waals surface area contributed by atoms with Gasteiger partial charge in [-0.1, -0.05) is 48.0 Å². The molecule has 1 nitrogen and oxygen atoms in total. The molecule has 2 heteroatoms. The van der Waals surface area contributed by atoms with Crippen molar-refractivity contribution in [2.24, 2.45) is 0 Å². The molecule has 0 amide bonds. The van der Waals surface area contributed by atoms with Gasteiger partial charge in [0.15, 0.2) is 0 Å². The minimum Gasteiger partial charge on any atom is -0.314 e. The Bertz CT molecular complexity index is 681. The zero-order valence-corrected chi connectivity index (χ0v) is 10.7. The normalized spacial score (nSPS) is 10.6. The highest BCUT2D eigenvalue weighted by Crippen LogP contribution is 2.27. The molecule has 0 saturated carbocycles. The molecule has 2 aromatic carbocycles. The van der Waals surface area contributed by atoms with Crippen molar-refractivity contribution in [3.05, 3.63) is 78.2 Å². The minimum absolute atomic E-state index is 0.201. The number of para-hydroxylation sites is 1. The lowest BCUT2D eigenvalue weighted by Gasteiger charge is -2.09. The number of rotatable bonds is 2. The van der Waals surface area contributed by atoms with Crippen molar-refractivity contribution >= 4 is 0 Å². The fourth-order valence-corrected chi connectivity index (χ4v) is 2.20. The van der Waals surface area contributed by atoms with Crippen LogP contribution in [-0.4, -0.2) is 4.57 Å². The zero-order valence-electron chi connectivity index (χ0n) is 10.7. The second-order valence-electron chi connectivity index (χ2n) is 4.58. The van der Waals surface area contributed by atoms with Gasteiger partial charge >= 0.3 is 0 Å². The van der Waals surface area contributed by atoms with E-state index in [4.69, 9.17) is 0 Å². The van der Waals surface area contributed by atoms with E-state index in [0.29, 0.717) is 5.69 Å². The molecule has 0 saturated heterocycles. The molecule has 0 aliphatic carbocycles. The molecule has 0 N–H and O–H groups in total. The van der Waals surface area contributed by atoms with Crippen LogP contribution in [0.4, 0.5) is 4.39 Å². The Balaban J connectivity index is 2.17. The number of halogens is 1. The number of hydrogen-bond acceptors (Lipinski definition) is 0. The van der Waals surface area contributed by atoms with E-state index in [-0.39, 0.29) is 5.82 Å². The molecule has 0 atom stereocenters. The van der Waals surface area contributed by atoms with Crippen molar-refractivity contribution in [1.29, 1.82) is 0 Å². The minimum atomic E-state index is -0.201. The zero-order chi connectivity index (χ0) is 13.2. The summed E-state index contributed by atoms with van der Waals surface area (Å²) < 4.78 is 15.9. The van der Waals surface area contributed by atoms with Gasteiger partial charge in [0.1, 0.15) is 5.82 Å². The van der Waals surface area contributed by atoms with Crippen LogP contribution in [-0.2, 0) is 0 Å². The van der Waals surface area contributed by atoms with E-state index in [2.05, 4.69) is 0 Å². The van der Waals surface area contributed by atoms with Crippen LogP contribution in [0.2, 0.25) is 0 Å². The smallest absolute Gasteiger partial charge is 0.149 e. The standard InChI is InChI=1S/C17H14FN/c1-13-7-9-14(10-8-13)17-16(18)11-12-19(17)15-5-3-2-4-6-15/h2-12H,1H3. The lowest BCUT2D eigenvalue weighted by atomic mass is 10.1. The summed E-state index contributed by atoms with van der Waals surface area (Å²) in [6.45, 7) is 2.02. The van der Waals surface area contributed by atoms with Gasteiger partial charge in [-0.15, -0.1) is 0 Å². The summed E-state index contributed by atoms with van der Waals surface area (Å²) in [7, 11) is 0. The first-order valence-corrected chi connectivity index (χ1v) is 6.25. The van der Waals surface area contributed by atoms with Gasteiger partial charge in [0.25, 0.3) is 0 Å². The third kappa shape index (κ3) is 2.17. The molecule has 0 aliphatic heterocycles. The first kappa shape index (κ1) is 11.7. The van der Waals surface area contributed by atoms with Gasteiger partial charge in [0, 0.05) is 17.4 Å². The molecular formula is C17H14FN. The van der Waals surface area contributed by atoms with Gasteiger partial charge in [-0.25, -0.2) is 4.39 Å². The topological polar surface area (TPSA) is 4.93 Å². The highest BCUT2D eigenvalue weighted by Gasteiger charge is 2.12. The maximum Gasteiger partial charge on any atom is 0.149 e. The monoisotopic (exact) mass is 251 g/mol. The molecule has 19 heavy (non-hydrogen) atoms. The average molecular weight is 251 g/mol. The average Bonchev–Trinajstić information content (AvgIpc) is 2.83.